The van der Waals surface area contributed by atoms with Crippen LogP contribution in [-0.4, -0.2) is 41.1 Å². The number of benzene rings is 2. The van der Waals surface area contributed by atoms with Crippen LogP contribution in [0, 0.1) is 13.8 Å². The third-order valence-corrected chi connectivity index (χ3v) is 6.99. The van der Waals surface area contributed by atoms with Gasteiger partial charge in [0.2, 0.25) is 12.7 Å². The summed E-state index contributed by atoms with van der Waals surface area (Å²) in [4.78, 5) is 31.2. The van der Waals surface area contributed by atoms with E-state index in [1.807, 2.05) is 81.6 Å². The fraction of sp³-hybridized carbons (Fsp3) is 0.333. The van der Waals surface area contributed by atoms with Gasteiger partial charge in [0.05, 0.1) is 6.54 Å². The van der Waals surface area contributed by atoms with Crippen LogP contribution in [-0.2, 0) is 17.9 Å². The Hall–Kier alpha value is -3.52. The number of ether oxygens (including phenoxy) is 2. The zero-order valence-electron chi connectivity index (χ0n) is 20.5. The number of hydrogen-bond donors (Lipinski definition) is 1. The van der Waals surface area contributed by atoms with Crippen molar-refractivity contribution in [2.24, 2.45) is 0 Å². The molecule has 0 saturated heterocycles. The van der Waals surface area contributed by atoms with Crippen molar-refractivity contribution in [3.05, 3.63) is 75.5 Å². The Kier molecular flexibility index (Phi) is 7.60. The highest BCUT2D eigenvalue weighted by Gasteiger charge is 2.25. The number of urea groups is 1. The van der Waals surface area contributed by atoms with Gasteiger partial charge >= 0.3 is 6.03 Å². The second kappa shape index (κ2) is 10.8. The van der Waals surface area contributed by atoms with Crippen molar-refractivity contribution < 1.29 is 19.1 Å². The molecule has 7 nitrogen and oxygen atoms in total. The normalized spacial score (nSPS) is 12.0. The van der Waals surface area contributed by atoms with Crippen LogP contribution >= 0.6 is 11.3 Å². The van der Waals surface area contributed by atoms with E-state index in [-0.39, 0.29) is 31.3 Å². The molecular formula is C27H31N3O4S. The van der Waals surface area contributed by atoms with E-state index in [1.54, 1.807) is 21.1 Å². The van der Waals surface area contributed by atoms with Crippen molar-refractivity contribution in [2.45, 2.75) is 46.8 Å². The number of anilines is 1. The number of carbonyl (C=O) groups is 2. The first kappa shape index (κ1) is 24.6. The molecule has 184 valence electrons. The summed E-state index contributed by atoms with van der Waals surface area (Å²) < 4.78 is 10.9. The van der Waals surface area contributed by atoms with Gasteiger partial charge in [-0.25, -0.2) is 4.79 Å². The summed E-state index contributed by atoms with van der Waals surface area (Å²) >= 11 is 1.60. The zero-order chi connectivity index (χ0) is 24.9. The summed E-state index contributed by atoms with van der Waals surface area (Å²) in [6.45, 7) is 8.86. The van der Waals surface area contributed by atoms with E-state index in [9.17, 15) is 9.59 Å². The Morgan fingerprint density at radius 3 is 2.57 bits per heavy atom. The molecule has 2 heterocycles. The standard InChI is InChI=1S/C27H31N3O4S/c1-18(2)30(27(32)28-23-9-5-7-19(3)20(23)4)16-26(31)29(15-22-8-6-12-35-22)14-21-10-11-24-25(13-21)34-17-33-24/h5-13,18H,14-17H2,1-4H3,(H,28,32). The van der Waals surface area contributed by atoms with Crippen LogP contribution in [0.5, 0.6) is 11.5 Å². The fourth-order valence-corrected chi connectivity index (χ4v) is 4.61. The van der Waals surface area contributed by atoms with E-state index >= 15 is 0 Å². The predicted molar refractivity (Wildman–Crippen MR) is 138 cm³/mol. The number of aryl methyl sites for hydroxylation is 1. The lowest BCUT2D eigenvalue weighted by Gasteiger charge is -2.30. The first-order valence-electron chi connectivity index (χ1n) is 11.6. The van der Waals surface area contributed by atoms with E-state index in [4.69, 9.17) is 9.47 Å². The van der Waals surface area contributed by atoms with E-state index in [0.717, 1.165) is 27.3 Å². The number of fused-ring (bicyclic) bond motifs is 1. The summed E-state index contributed by atoms with van der Waals surface area (Å²) in [5.74, 6) is 1.27. The number of hydrogen-bond acceptors (Lipinski definition) is 5. The van der Waals surface area contributed by atoms with Crippen molar-refractivity contribution in [2.75, 3.05) is 18.7 Å². The first-order chi connectivity index (χ1) is 16.8. The number of rotatable bonds is 8. The molecule has 0 aliphatic carbocycles. The maximum absolute atomic E-state index is 13.6. The highest BCUT2D eigenvalue weighted by Crippen LogP contribution is 2.33. The van der Waals surface area contributed by atoms with Crippen LogP contribution in [0.1, 0.15) is 35.4 Å². The van der Waals surface area contributed by atoms with E-state index in [1.165, 1.54) is 0 Å². The van der Waals surface area contributed by atoms with Gasteiger partial charge in [0, 0.05) is 23.2 Å². The molecule has 0 unspecified atom stereocenters. The highest BCUT2D eigenvalue weighted by atomic mass is 32.1. The predicted octanol–water partition coefficient (Wildman–Crippen LogP) is 5.56. The Morgan fingerprint density at radius 1 is 1.03 bits per heavy atom. The lowest BCUT2D eigenvalue weighted by atomic mass is 10.1. The number of amides is 3. The molecule has 0 fully saturated rings. The van der Waals surface area contributed by atoms with E-state index in [0.29, 0.717) is 24.6 Å². The maximum atomic E-state index is 13.6. The van der Waals surface area contributed by atoms with Crippen molar-refractivity contribution >= 4 is 29.0 Å². The van der Waals surface area contributed by atoms with Gasteiger partial charge in [-0.05, 0) is 74.0 Å². The minimum absolute atomic E-state index is 0.0235. The van der Waals surface area contributed by atoms with Gasteiger partial charge < -0.3 is 24.6 Å². The molecule has 4 rings (SSSR count). The lowest BCUT2D eigenvalue weighted by Crippen LogP contribution is -2.47. The van der Waals surface area contributed by atoms with Gasteiger partial charge in [-0.1, -0.05) is 24.3 Å². The van der Waals surface area contributed by atoms with E-state index in [2.05, 4.69) is 5.32 Å². The molecule has 3 aromatic rings. The summed E-state index contributed by atoms with van der Waals surface area (Å²) in [5.41, 5.74) is 3.80. The first-order valence-corrected chi connectivity index (χ1v) is 12.5. The topological polar surface area (TPSA) is 71.1 Å². The van der Waals surface area contributed by atoms with Crippen molar-refractivity contribution in [3.63, 3.8) is 0 Å². The van der Waals surface area contributed by atoms with Crippen LogP contribution in [0.2, 0.25) is 0 Å². The summed E-state index contributed by atoms with van der Waals surface area (Å²) in [5, 5.41) is 4.98. The number of carbonyl (C=O) groups excluding carboxylic acids is 2. The molecule has 1 aliphatic rings. The third kappa shape index (κ3) is 5.95. The highest BCUT2D eigenvalue weighted by molar-refractivity contribution is 7.09. The SMILES string of the molecule is Cc1cccc(NC(=O)N(CC(=O)N(Cc2ccc3c(c2)OCO3)Cc2cccs2)C(C)C)c1C. The minimum atomic E-state index is -0.291. The average Bonchev–Trinajstić information content (AvgIpc) is 3.51. The van der Waals surface area contributed by atoms with Gasteiger partial charge in [0.25, 0.3) is 0 Å². The molecule has 0 radical (unpaired) electrons. The monoisotopic (exact) mass is 493 g/mol. The fourth-order valence-electron chi connectivity index (χ4n) is 3.89. The Labute approximate surface area is 210 Å². The Bertz CT molecular complexity index is 1190. The Morgan fingerprint density at radius 2 is 1.83 bits per heavy atom. The smallest absolute Gasteiger partial charge is 0.322 e. The molecule has 0 bridgehead atoms. The molecule has 8 heteroatoms. The van der Waals surface area contributed by atoms with Crippen molar-refractivity contribution in [3.8, 4) is 11.5 Å². The molecule has 1 N–H and O–H groups in total. The molecule has 0 saturated carbocycles. The Balaban J connectivity index is 1.51. The van der Waals surface area contributed by atoms with Gasteiger partial charge in [-0.15, -0.1) is 11.3 Å². The average molecular weight is 494 g/mol. The molecule has 1 aliphatic heterocycles. The second-order valence-corrected chi connectivity index (χ2v) is 9.95. The largest absolute Gasteiger partial charge is 0.454 e. The van der Waals surface area contributed by atoms with Crippen LogP contribution in [0.25, 0.3) is 0 Å². The molecular weight excluding hydrogens is 462 g/mol. The molecule has 3 amide bonds. The number of thiophene rings is 1. The summed E-state index contributed by atoms with van der Waals surface area (Å²) in [6.07, 6.45) is 0. The van der Waals surface area contributed by atoms with Crippen molar-refractivity contribution in [1.82, 2.24) is 9.80 Å². The molecule has 1 aromatic heterocycles. The van der Waals surface area contributed by atoms with E-state index < -0.39 is 0 Å². The van der Waals surface area contributed by atoms with Gasteiger partial charge in [-0.2, -0.15) is 0 Å². The van der Waals surface area contributed by atoms with Crippen LogP contribution in [0.4, 0.5) is 10.5 Å². The zero-order valence-corrected chi connectivity index (χ0v) is 21.4. The lowest BCUT2D eigenvalue weighted by molar-refractivity contribution is -0.133. The molecule has 2 aromatic carbocycles. The summed E-state index contributed by atoms with van der Waals surface area (Å²) in [7, 11) is 0. The quantitative estimate of drug-likeness (QED) is 0.446. The van der Waals surface area contributed by atoms with Crippen molar-refractivity contribution in [1.29, 1.82) is 0 Å². The van der Waals surface area contributed by atoms with Gasteiger partial charge in [-0.3, -0.25) is 4.79 Å². The van der Waals surface area contributed by atoms with Gasteiger partial charge in [0.15, 0.2) is 11.5 Å². The number of nitrogens with one attached hydrogen (secondary N) is 1. The minimum Gasteiger partial charge on any atom is -0.454 e. The van der Waals surface area contributed by atoms with Crippen LogP contribution in [0.15, 0.2) is 53.9 Å². The summed E-state index contributed by atoms with van der Waals surface area (Å²) in [6, 6.07) is 15.1. The van der Waals surface area contributed by atoms with Crippen LogP contribution in [0.3, 0.4) is 0 Å². The second-order valence-electron chi connectivity index (χ2n) is 8.92. The maximum Gasteiger partial charge on any atom is 0.322 e. The van der Waals surface area contributed by atoms with Crippen LogP contribution < -0.4 is 14.8 Å². The molecule has 0 atom stereocenters. The molecule has 0 spiro atoms. The third-order valence-electron chi connectivity index (χ3n) is 6.13. The van der Waals surface area contributed by atoms with Gasteiger partial charge in [0.1, 0.15) is 6.54 Å². The molecule has 35 heavy (non-hydrogen) atoms. The number of nitrogens with zero attached hydrogens (tertiary/aromatic N) is 2.